The molecule has 154 valence electrons. The number of para-hydroxylation sites is 1. The van der Waals surface area contributed by atoms with Crippen LogP contribution in [0.5, 0.6) is 0 Å². The van der Waals surface area contributed by atoms with Crippen molar-refractivity contribution in [2.45, 2.75) is 6.54 Å². The lowest BCUT2D eigenvalue weighted by Crippen LogP contribution is -2.25. The van der Waals surface area contributed by atoms with Crippen molar-refractivity contribution in [1.29, 1.82) is 0 Å². The molecule has 0 aliphatic heterocycles. The van der Waals surface area contributed by atoms with Crippen LogP contribution in [-0.4, -0.2) is 20.6 Å². The molecule has 0 radical (unpaired) electrons. The molecule has 31 heavy (non-hydrogen) atoms. The standard InChI is InChI=1S/C23H17ClN4O3/c24-19-8-4-5-9-21(19)27-22(23(29)25-15-16-6-2-1-3-7-16)14-20(26-27)17-10-12-18(13-11-17)28(30)31/h1-14H,15H2,(H,25,29). The van der Waals surface area contributed by atoms with Gasteiger partial charge in [-0.3, -0.25) is 14.9 Å². The Hall–Kier alpha value is -3.97. The van der Waals surface area contributed by atoms with Crippen molar-refractivity contribution in [3.63, 3.8) is 0 Å². The molecule has 0 aliphatic rings. The molecule has 0 atom stereocenters. The van der Waals surface area contributed by atoms with Crippen molar-refractivity contribution in [2.75, 3.05) is 0 Å². The van der Waals surface area contributed by atoms with Crippen molar-refractivity contribution in [2.24, 2.45) is 0 Å². The zero-order chi connectivity index (χ0) is 21.8. The number of halogens is 1. The van der Waals surface area contributed by atoms with E-state index >= 15 is 0 Å². The minimum absolute atomic E-state index is 0.0184. The Balaban J connectivity index is 1.71. The summed E-state index contributed by atoms with van der Waals surface area (Å²) in [5.41, 5.74) is 2.96. The molecule has 7 nitrogen and oxygen atoms in total. The van der Waals surface area contributed by atoms with Gasteiger partial charge in [-0.05, 0) is 35.9 Å². The Bertz CT molecular complexity index is 1240. The fourth-order valence-corrected chi connectivity index (χ4v) is 3.33. The van der Waals surface area contributed by atoms with Crippen LogP contribution in [-0.2, 0) is 6.54 Å². The maximum Gasteiger partial charge on any atom is 0.270 e. The van der Waals surface area contributed by atoms with Gasteiger partial charge >= 0.3 is 0 Å². The maximum absolute atomic E-state index is 13.0. The largest absolute Gasteiger partial charge is 0.347 e. The van der Waals surface area contributed by atoms with E-state index in [2.05, 4.69) is 10.4 Å². The summed E-state index contributed by atoms with van der Waals surface area (Å²) >= 11 is 6.35. The third-order valence-electron chi connectivity index (χ3n) is 4.69. The number of benzene rings is 3. The predicted octanol–water partition coefficient (Wildman–Crippen LogP) is 5.03. The number of hydrogen-bond donors (Lipinski definition) is 1. The Morgan fingerprint density at radius 1 is 1.00 bits per heavy atom. The van der Waals surface area contributed by atoms with Gasteiger partial charge in [-0.1, -0.05) is 54.1 Å². The molecule has 0 bridgehead atoms. The number of nitro benzene ring substituents is 1. The predicted molar refractivity (Wildman–Crippen MR) is 118 cm³/mol. The Labute approximate surface area is 183 Å². The number of hydrogen-bond acceptors (Lipinski definition) is 4. The van der Waals surface area contributed by atoms with Crippen molar-refractivity contribution < 1.29 is 9.72 Å². The van der Waals surface area contributed by atoms with Gasteiger partial charge in [-0.2, -0.15) is 5.10 Å². The van der Waals surface area contributed by atoms with Gasteiger partial charge in [0.05, 0.1) is 21.3 Å². The molecule has 1 N–H and O–H groups in total. The van der Waals surface area contributed by atoms with E-state index < -0.39 is 4.92 Å². The molecular weight excluding hydrogens is 416 g/mol. The molecule has 1 aromatic heterocycles. The van der Waals surface area contributed by atoms with E-state index in [0.717, 1.165) is 5.56 Å². The van der Waals surface area contributed by atoms with Crippen LogP contribution in [0.15, 0.2) is 84.9 Å². The van der Waals surface area contributed by atoms with Gasteiger partial charge in [-0.25, -0.2) is 4.68 Å². The van der Waals surface area contributed by atoms with E-state index in [4.69, 9.17) is 11.6 Å². The van der Waals surface area contributed by atoms with Crippen molar-refractivity contribution in [3.05, 3.63) is 111 Å². The van der Waals surface area contributed by atoms with E-state index in [1.54, 1.807) is 42.5 Å². The normalized spacial score (nSPS) is 10.6. The van der Waals surface area contributed by atoms with E-state index in [9.17, 15) is 14.9 Å². The zero-order valence-corrected chi connectivity index (χ0v) is 17.0. The number of nitrogens with one attached hydrogen (secondary N) is 1. The molecule has 8 heteroatoms. The summed E-state index contributed by atoms with van der Waals surface area (Å²) in [6.45, 7) is 0.361. The topological polar surface area (TPSA) is 90.1 Å². The van der Waals surface area contributed by atoms with Crippen LogP contribution in [0.1, 0.15) is 16.1 Å². The van der Waals surface area contributed by atoms with Gasteiger partial charge < -0.3 is 5.32 Å². The number of rotatable bonds is 6. The zero-order valence-electron chi connectivity index (χ0n) is 16.2. The van der Waals surface area contributed by atoms with Gasteiger partial charge in [0, 0.05) is 24.2 Å². The molecule has 0 spiro atoms. The second-order valence-corrected chi connectivity index (χ2v) is 7.16. The van der Waals surface area contributed by atoms with E-state index in [-0.39, 0.29) is 11.6 Å². The van der Waals surface area contributed by atoms with Crippen LogP contribution < -0.4 is 5.32 Å². The number of non-ortho nitro benzene ring substituents is 1. The fourth-order valence-electron chi connectivity index (χ4n) is 3.11. The highest BCUT2D eigenvalue weighted by Crippen LogP contribution is 2.27. The SMILES string of the molecule is O=C(NCc1ccccc1)c1cc(-c2ccc([N+](=O)[O-])cc2)nn1-c1ccccc1Cl. The smallest absolute Gasteiger partial charge is 0.270 e. The Morgan fingerprint density at radius 3 is 2.35 bits per heavy atom. The number of aromatic nitrogens is 2. The molecule has 1 amide bonds. The van der Waals surface area contributed by atoms with Crippen molar-refractivity contribution >= 4 is 23.2 Å². The first-order chi connectivity index (χ1) is 15.0. The first-order valence-electron chi connectivity index (χ1n) is 9.45. The molecule has 0 unspecified atom stereocenters. The average Bonchev–Trinajstić information content (AvgIpc) is 3.24. The van der Waals surface area contributed by atoms with Gasteiger partial charge in [0.15, 0.2) is 0 Å². The lowest BCUT2D eigenvalue weighted by atomic mass is 10.1. The summed E-state index contributed by atoms with van der Waals surface area (Å²) in [6.07, 6.45) is 0. The molecular formula is C23H17ClN4O3. The molecule has 1 heterocycles. The van der Waals surface area contributed by atoms with Crippen LogP contribution in [0.4, 0.5) is 5.69 Å². The molecule has 0 fully saturated rings. The molecule has 0 aliphatic carbocycles. The third kappa shape index (κ3) is 4.46. The third-order valence-corrected chi connectivity index (χ3v) is 5.01. The number of amides is 1. The molecule has 0 saturated heterocycles. The summed E-state index contributed by atoms with van der Waals surface area (Å²) in [5, 5.41) is 18.8. The van der Waals surface area contributed by atoms with Gasteiger partial charge in [0.25, 0.3) is 11.6 Å². The summed E-state index contributed by atoms with van der Waals surface area (Å²) in [7, 11) is 0. The summed E-state index contributed by atoms with van der Waals surface area (Å²) in [5.74, 6) is -0.315. The minimum atomic E-state index is -0.464. The second kappa shape index (κ2) is 8.81. The summed E-state index contributed by atoms with van der Waals surface area (Å²) in [4.78, 5) is 23.5. The fraction of sp³-hybridized carbons (Fsp3) is 0.0435. The van der Waals surface area contributed by atoms with Crippen LogP contribution in [0.3, 0.4) is 0 Å². The first-order valence-corrected chi connectivity index (χ1v) is 9.82. The molecule has 3 aromatic carbocycles. The van der Waals surface area contributed by atoms with Gasteiger partial charge in [0.1, 0.15) is 5.69 Å². The summed E-state index contributed by atoms with van der Waals surface area (Å²) in [6, 6.07) is 24.3. The molecule has 0 saturated carbocycles. The Kier molecular flexibility index (Phi) is 5.77. The monoisotopic (exact) mass is 432 g/mol. The summed E-state index contributed by atoms with van der Waals surface area (Å²) < 4.78 is 1.49. The maximum atomic E-state index is 13.0. The Morgan fingerprint density at radius 2 is 1.68 bits per heavy atom. The lowest BCUT2D eigenvalue weighted by molar-refractivity contribution is -0.384. The lowest BCUT2D eigenvalue weighted by Gasteiger charge is -2.09. The highest BCUT2D eigenvalue weighted by atomic mass is 35.5. The average molecular weight is 433 g/mol. The second-order valence-electron chi connectivity index (χ2n) is 6.75. The van der Waals surface area contributed by atoms with Gasteiger partial charge in [0.2, 0.25) is 0 Å². The van der Waals surface area contributed by atoms with E-state index in [1.807, 2.05) is 30.3 Å². The van der Waals surface area contributed by atoms with Crippen LogP contribution in [0.2, 0.25) is 5.02 Å². The minimum Gasteiger partial charge on any atom is -0.347 e. The highest BCUT2D eigenvalue weighted by Gasteiger charge is 2.19. The van der Waals surface area contributed by atoms with Crippen LogP contribution >= 0.6 is 11.6 Å². The highest BCUT2D eigenvalue weighted by molar-refractivity contribution is 6.32. The molecule has 4 rings (SSSR count). The van der Waals surface area contributed by atoms with Crippen LogP contribution in [0, 0.1) is 10.1 Å². The molecule has 4 aromatic rings. The first kappa shape index (κ1) is 20.3. The number of nitro groups is 1. The number of carbonyl (C=O) groups is 1. The van der Waals surface area contributed by atoms with E-state index in [0.29, 0.717) is 34.2 Å². The number of carbonyl (C=O) groups excluding carboxylic acids is 1. The quantitative estimate of drug-likeness (QED) is 0.341. The van der Waals surface area contributed by atoms with Crippen molar-refractivity contribution in [1.82, 2.24) is 15.1 Å². The number of nitrogens with zero attached hydrogens (tertiary/aromatic N) is 3. The van der Waals surface area contributed by atoms with E-state index in [1.165, 1.54) is 16.8 Å². The van der Waals surface area contributed by atoms with Gasteiger partial charge in [-0.15, -0.1) is 0 Å². The van der Waals surface area contributed by atoms with Crippen molar-refractivity contribution in [3.8, 4) is 16.9 Å². The van der Waals surface area contributed by atoms with Crippen LogP contribution in [0.25, 0.3) is 16.9 Å².